The van der Waals surface area contributed by atoms with Crippen molar-refractivity contribution in [3.05, 3.63) is 68.6 Å². The van der Waals surface area contributed by atoms with Gasteiger partial charge in [0.05, 0.1) is 17.2 Å². The second kappa shape index (κ2) is 8.15. The Morgan fingerprint density at radius 1 is 1.23 bits per heavy atom. The van der Waals surface area contributed by atoms with Crippen LogP contribution in [0.4, 0.5) is 24.7 Å². The molecule has 0 bridgehead atoms. The van der Waals surface area contributed by atoms with Crippen molar-refractivity contribution in [2.45, 2.75) is 38.4 Å². The van der Waals surface area contributed by atoms with Gasteiger partial charge >= 0.3 is 12.1 Å². The monoisotopic (exact) mass is 506 g/mol. The minimum absolute atomic E-state index is 0.0842. The number of rotatable bonds is 5. The summed E-state index contributed by atoms with van der Waals surface area (Å²) in [6.45, 7) is 3.12. The number of benzene rings is 1. The number of carbonyl (C=O) groups is 1. The third kappa shape index (κ3) is 4.20. The van der Waals surface area contributed by atoms with E-state index in [9.17, 15) is 27.9 Å². The first-order chi connectivity index (χ1) is 16.5. The molecule has 3 aromatic rings. The van der Waals surface area contributed by atoms with Crippen LogP contribution in [0, 0.1) is 5.41 Å². The number of carboxylic acid groups (broad SMARTS) is 1. The van der Waals surface area contributed by atoms with Gasteiger partial charge < -0.3 is 15.3 Å². The molecule has 1 aliphatic heterocycles. The maximum absolute atomic E-state index is 13.7. The fraction of sp³-hybridized carbons (Fsp3) is 0.375. The minimum Gasteiger partial charge on any atom is -0.478 e. The van der Waals surface area contributed by atoms with Crippen LogP contribution in [0.1, 0.15) is 53.7 Å². The van der Waals surface area contributed by atoms with Gasteiger partial charge in [0.25, 0.3) is 5.56 Å². The van der Waals surface area contributed by atoms with Crippen molar-refractivity contribution in [3.8, 4) is 0 Å². The van der Waals surface area contributed by atoms with E-state index in [0.29, 0.717) is 5.82 Å². The number of fused-ring (bicyclic) bond motifs is 1. The van der Waals surface area contributed by atoms with E-state index >= 15 is 0 Å². The molecule has 2 aromatic heterocycles. The second-order valence-corrected chi connectivity index (χ2v) is 9.84. The van der Waals surface area contributed by atoms with E-state index in [4.69, 9.17) is 11.6 Å². The number of aromatic carboxylic acids is 1. The van der Waals surface area contributed by atoms with Crippen molar-refractivity contribution in [1.29, 1.82) is 0 Å². The van der Waals surface area contributed by atoms with Crippen molar-refractivity contribution >= 4 is 34.7 Å². The Kier molecular flexibility index (Phi) is 5.47. The largest absolute Gasteiger partial charge is 0.478 e. The Labute approximate surface area is 203 Å². The van der Waals surface area contributed by atoms with Crippen molar-refractivity contribution < 1.29 is 23.1 Å². The molecule has 1 saturated heterocycles. The lowest BCUT2D eigenvalue weighted by Crippen LogP contribution is -2.60. The molecule has 1 spiro atoms. The number of carboxylic acids is 1. The van der Waals surface area contributed by atoms with Gasteiger partial charge in [0.15, 0.2) is 0 Å². The molecular weight excluding hydrogens is 485 g/mol. The number of nitrogens with one attached hydrogen (secondary N) is 1. The van der Waals surface area contributed by atoms with Crippen LogP contribution in [-0.2, 0) is 6.18 Å². The molecule has 35 heavy (non-hydrogen) atoms. The number of hydrogen-bond acceptors (Lipinski definition) is 5. The molecule has 1 saturated carbocycles. The summed E-state index contributed by atoms with van der Waals surface area (Å²) >= 11 is 5.91. The highest BCUT2D eigenvalue weighted by Crippen LogP contribution is 2.49. The molecule has 2 N–H and O–H groups in total. The van der Waals surface area contributed by atoms with Gasteiger partial charge in [-0.1, -0.05) is 18.0 Å². The third-order valence-electron chi connectivity index (χ3n) is 6.94. The zero-order chi connectivity index (χ0) is 25.1. The van der Waals surface area contributed by atoms with Crippen molar-refractivity contribution in [2.75, 3.05) is 23.3 Å². The number of aromatic nitrogens is 2. The van der Waals surface area contributed by atoms with Crippen LogP contribution < -0.4 is 15.8 Å². The van der Waals surface area contributed by atoms with Gasteiger partial charge in [-0.25, -0.2) is 9.78 Å². The summed E-state index contributed by atoms with van der Waals surface area (Å²) in [5.74, 6) is -0.811. The zero-order valence-corrected chi connectivity index (χ0v) is 19.5. The highest BCUT2D eigenvalue weighted by molar-refractivity contribution is 6.31. The molecule has 2 fully saturated rings. The summed E-state index contributed by atoms with van der Waals surface area (Å²) in [5.41, 5.74) is -1.10. The van der Waals surface area contributed by atoms with Crippen LogP contribution in [0.5, 0.6) is 0 Å². The molecule has 5 rings (SSSR count). The predicted molar refractivity (Wildman–Crippen MR) is 125 cm³/mol. The van der Waals surface area contributed by atoms with E-state index in [-0.39, 0.29) is 32.9 Å². The molecule has 0 amide bonds. The van der Waals surface area contributed by atoms with Gasteiger partial charge in [-0.3, -0.25) is 9.20 Å². The Morgan fingerprint density at radius 2 is 1.94 bits per heavy atom. The van der Waals surface area contributed by atoms with E-state index in [1.165, 1.54) is 30.7 Å². The molecule has 7 nitrogen and oxygen atoms in total. The zero-order valence-electron chi connectivity index (χ0n) is 18.7. The average molecular weight is 507 g/mol. The molecule has 1 aliphatic carbocycles. The van der Waals surface area contributed by atoms with Gasteiger partial charge in [0.1, 0.15) is 11.5 Å². The van der Waals surface area contributed by atoms with Crippen LogP contribution in [0.3, 0.4) is 0 Å². The molecule has 2 aliphatic rings. The van der Waals surface area contributed by atoms with E-state index < -0.39 is 29.3 Å². The molecule has 0 unspecified atom stereocenters. The van der Waals surface area contributed by atoms with Crippen molar-refractivity contribution in [2.24, 2.45) is 5.41 Å². The number of hydrogen-bond donors (Lipinski definition) is 2. The molecule has 0 radical (unpaired) electrons. The second-order valence-electron chi connectivity index (χ2n) is 9.40. The first kappa shape index (κ1) is 23.5. The number of nitrogens with zero attached hydrogens (tertiary/aromatic N) is 3. The number of alkyl halides is 3. The lowest BCUT2D eigenvalue weighted by atomic mass is 9.63. The van der Waals surface area contributed by atoms with Gasteiger partial charge in [-0.05, 0) is 44.0 Å². The Hall–Kier alpha value is -3.27. The Balaban J connectivity index is 1.59. The third-order valence-corrected chi connectivity index (χ3v) is 7.18. The molecule has 1 aromatic carbocycles. The van der Waals surface area contributed by atoms with Crippen molar-refractivity contribution in [1.82, 2.24) is 9.38 Å². The fourth-order valence-electron chi connectivity index (χ4n) is 4.90. The Morgan fingerprint density at radius 3 is 2.54 bits per heavy atom. The van der Waals surface area contributed by atoms with Crippen molar-refractivity contribution in [3.63, 3.8) is 0 Å². The maximum atomic E-state index is 13.7. The standard InChI is InChI=1S/C24H22ClF3N4O3/c1-13(29-18-4-3-15(25)8-17(18)22(34)35)16-7-14(24(26,27)28)10-32-20(33)9-19(30-21(16)32)31-11-23(12-31)5-2-6-23/h3-4,7-10,13,29H,2,5-6,11-12H2,1H3,(H,34,35)/t13-/m1/s1. The summed E-state index contributed by atoms with van der Waals surface area (Å²) in [6, 6.07) is 5.58. The van der Waals surface area contributed by atoms with Crippen LogP contribution in [0.2, 0.25) is 5.02 Å². The van der Waals surface area contributed by atoms with E-state index in [0.717, 1.165) is 42.6 Å². The quantitative estimate of drug-likeness (QED) is 0.493. The minimum atomic E-state index is -4.69. The fourth-order valence-corrected chi connectivity index (χ4v) is 5.07. The summed E-state index contributed by atoms with van der Waals surface area (Å²) in [4.78, 5) is 31.1. The molecular formula is C24H22ClF3N4O3. The molecule has 1 atom stereocenters. The first-order valence-electron chi connectivity index (χ1n) is 11.1. The van der Waals surface area contributed by atoms with Gasteiger partial charge in [-0.15, -0.1) is 0 Å². The summed E-state index contributed by atoms with van der Waals surface area (Å²) in [5, 5.41) is 12.7. The number of pyridine rings is 1. The Bertz CT molecular complexity index is 1390. The predicted octanol–water partition coefficient (Wildman–Crippen LogP) is 5.23. The van der Waals surface area contributed by atoms with Gasteiger partial charge in [0.2, 0.25) is 0 Å². The summed E-state index contributed by atoms with van der Waals surface area (Å²) < 4.78 is 41.9. The van der Waals surface area contributed by atoms with Gasteiger partial charge in [0, 0.05) is 47.0 Å². The average Bonchev–Trinajstić information content (AvgIpc) is 2.71. The number of halogens is 4. The topological polar surface area (TPSA) is 86.9 Å². The van der Waals surface area contributed by atoms with E-state index in [1.807, 2.05) is 4.90 Å². The summed E-state index contributed by atoms with van der Waals surface area (Å²) in [7, 11) is 0. The number of anilines is 2. The molecule has 3 heterocycles. The maximum Gasteiger partial charge on any atom is 0.417 e. The lowest BCUT2D eigenvalue weighted by Gasteiger charge is -2.56. The van der Waals surface area contributed by atoms with E-state index in [2.05, 4.69) is 10.3 Å². The smallest absolute Gasteiger partial charge is 0.417 e. The van der Waals surface area contributed by atoms with Crippen LogP contribution in [0.15, 0.2) is 41.3 Å². The molecule has 184 valence electrons. The molecule has 11 heteroatoms. The SMILES string of the molecule is C[C@@H](Nc1ccc(Cl)cc1C(=O)O)c1cc(C(F)(F)F)cn2c(=O)cc(N3CC4(CCC4)C3)nc12. The van der Waals surface area contributed by atoms with Crippen LogP contribution in [0.25, 0.3) is 5.65 Å². The van der Waals surface area contributed by atoms with Crippen LogP contribution >= 0.6 is 11.6 Å². The lowest BCUT2D eigenvalue weighted by molar-refractivity contribution is -0.137. The van der Waals surface area contributed by atoms with E-state index in [1.54, 1.807) is 6.92 Å². The highest BCUT2D eigenvalue weighted by atomic mass is 35.5. The first-order valence-corrected chi connectivity index (χ1v) is 11.5. The van der Waals surface area contributed by atoms with Gasteiger partial charge in [-0.2, -0.15) is 13.2 Å². The summed E-state index contributed by atoms with van der Waals surface area (Å²) in [6.07, 6.45) is -0.507. The van der Waals surface area contributed by atoms with Crippen LogP contribution in [-0.4, -0.2) is 33.6 Å². The normalized spacial score (nSPS) is 17.7. The highest BCUT2D eigenvalue weighted by Gasteiger charge is 2.47.